The summed E-state index contributed by atoms with van der Waals surface area (Å²) in [4.78, 5) is 0. The van der Waals surface area contributed by atoms with Crippen molar-refractivity contribution in [3.05, 3.63) is 35.6 Å². The predicted octanol–water partition coefficient (Wildman–Crippen LogP) is 3.37. The number of nitrogens with one attached hydrogen (secondary N) is 1. The molecule has 0 heterocycles. The van der Waals surface area contributed by atoms with Crippen molar-refractivity contribution in [3.63, 3.8) is 0 Å². The lowest BCUT2D eigenvalue weighted by Gasteiger charge is -2.50. The second-order valence-electron chi connectivity index (χ2n) is 6.37. The van der Waals surface area contributed by atoms with Crippen LogP contribution < -0.4 is 5.32 Å². The van der Waals surface area contributed by atoms with Crippen molar-refractivity contribution in [1.82, 2.24) is 5.32 Å². The monoisotopic (exact) mass is 279 g/mol. The van der Waals surface area contributed by atoms with Crippen LogP contribution in [0.15, 0.2) is 24.3 Å². The Hall–Kier alpha value is -0.930. The first-order valence-corrected chi connectivity index (χ1v) is 7.53. The zero-order valence-electron chi connectivity index (χ0n) is 12.8. The van der Waals surface area contributed by atoms with Gasteiger partial charge in [-0.2, -0.15) is 0 Å². The second-order valence-corrected chi connectivity index (χ2v) is 6.37. The molecule has 0 spiro atoms. The molecule has 0 saturated heterocycles. The molecule has 0 radical (unpaired) electrons. The van der Waals surface area contributed by atoms with Gasteiger partial charge in [0.1, 0.15) is 5.82 Å². The van der Waals surface area contributed by atoms with Gasteiger partial charge in [-0.15, -0.1) is 0 Å². The van der Waals surface area contributed by atoms with Crippen LogP contribution in [-0.2, 0) is 10.2 Å². The average Bonchev–Trinajstić information content (AvgIpc) is 2.36. The van der Waals surface area contributed by atoms with Crippen LogP contribution in [0.2, 0.25) is 0 Å². The Morgan fingerprint density at radius 1 is 1.40 bits per heavy atom. The Morgan fingerprint density at radius 2 is 2.15 bits per heavy atom. The number of benzene rings is 1. The van der Waals surface area contributed by atoms with Crippen LogP contribution in [0.1, 0.15) is 32.3 Å². The van der Waals surface area contributed by atoms with Gasteiger partial charge in [0.05, 0.1) is 6.61 Å². The Bertz CT molecular complexity index is 427. The number of methoxy groups -OCH3 is 1. The highest BCUT2D eigenvalue weighted by molar-refractivity contribution is 5.30. The van der Waals surface area contributed by atoms with Crippen LogP contribution in [-0.4, -0.2) is 26.8 Å². The molecule has 0 unspecified atom stereocenters. The third-order valence-electron chi connectivity index (χ3n) is 4.63. The van der Waals surface area contributed by atoms with E-state index in [2.05, 4.69) is 25.2 Å². The van der Waals surface area contributed by atoms with Crippen molar-refractivity contribution < 1.29 is 9.13 Å². The van der Waals surface area contributed by atoms with E-state index in [1.54, 1.807) is 13.2 Å². The molecule has 1 aromatic rings. The highest BCUT2D eigenvalue weighted by atomic mass is 19.1. The van der Waals surface area contributed by atoms with Crippen LogP contribution in [0.5, 0.6) is 0 Å². The van der Waals surface area contributed by atoms with Crippen molar-refractivity contribution in [1.29, 1.82) is 0 Å². The number of halogens is 1. The topological polar surface area (TPSA) is 21.3 Å². The number of hydrogen-bond acceptors (Lipinski definition) is 2. The van der Waals surface area contributed by atoms with E-state index in [1.165, 1.54) is 6.07 Å². The SMILES string of the molecule is COCCNCC1(c2cccc(F)c2)CC(C(C)C)C1. The molecule has 2 nitrogen and oxygen atoms in total. The summed E-state index contributed by atoms with van der Waals surface area (Å²) in [7, 11) is 1.71. The van der Waals surface area contributed by atoms with Gasteiger partial charge in [0.2, 0.25) is 0 Å². The van der Waals surface area contributed by atoms with Gasteiger partial charge in [0.25, 0.3) is 0 Å². The maximum atomic E-state index is 13.5. The minimum Gasteiger partial charge on any atom is -0.383 e. The molecule has 1 aliphatic rings. The first-order chi connectivity index (χ1) is 9.57. The summed E-state index contributed by atoms with van der Waals surface area (Å²) in [5.41, 5.74) is 1.24. The molecular weight excluding hydrogens is 253 g/mol. The van der Waals surface area contributed by atoms with Gasteiger partial charge in [0.15, 0.2) is 0 Å². The van der Waals surface area contributed by atoms with Crippen molar-refractivity contribution in [3.8, 4) is 0 Å². The van der Waals surface area contributed by atoms with Crippen molar-refractivity contribution in [2.24, 2.45) is 11.8 Å². The molecule has 1 saturated carbocycles. The molecular formula is C17H26FNO. The van der Waals surface area contributed by atoms with E-state index in [1.807, 2.05) is 6.07 Å². The van der Waals surface area contributed by atoms with Crippen molar-refractivity contribution in [2.75, 3.05) is 26.8 Å². The lowest BCUT2D eigenvalue weighted by atomic mass is 9.56. The van der Waals surface area contributed by atoms with Crippen LogP contribution in [0.25, 0.3) is 0 Å². The molecule has 3 heteroatoms. The predicted molar refractivity (Wildman–Crippen MR) is 80.4 cm³/mol. The van der Waals surface area contributed by atoms with Crippen LogP contribution in [0.4, 0.5) is 4.39 Å². The summed E-state index contributed by atoms with van der Waals surface area (Å²) < 4.78 is 18.6. The fraction of sp³-hybridized carbons (Fsp3) is 0.647. The van der Waals surface area contributed by atoms with Crippen LogP contribution in [0, 0.1) is 17.7 Å². The van der Waals surface area contributed by atoms with Gasteiger partial charge in [-0.25, -0.2) is 4.39 Å². The molecule has 112 valence electrons. The lowest BCUT2D eigenvalue weighted by Crippen LogP contribution is -2.50. The molecule has 1 N–H and O–H groups in total. The smallest absolute Gasteiger partial charge is 0.123 e. The standard InChI is InChI=1S/C17H26FNO/c1-13(2)14-10-17(11-14,12-19-7-8-20-3)15-5-4-6-16(18)9-15/h4-6,9,13-14,19H,7-8,10-12H2,1-3H3. The second kappa shape index (κ2) is 6.68. The van der Waals surface area contributed by atoms with Gasteiger partial charge in [-0.05, 0) is 42.4 Å². The quantitative estimate of drug-likeness (QED) is 0.773. The Balaban J connectivity index is 2.06. The third-order valence-corrected chi connectivity index (χ3v) is 4.63. The van der Waals surface area contributed by atoms with E-state index >= 15 is 0 Å². The average molecular weight is 279 g/mol. The number of ether oxygens (including phenoxy) is 1. The summed E-state index contributed by atoms with van der Waals surface area (Å²) >= 11 is 0. The molecule has 0 aromatic heterocycles. The van der Waals surface area contributed by atoms with Crippen molar-refractivity contribution >= 4 is 0 Å². The van der Waals surface area contributed by atoms with E-state index in [0.717, 1.165) is 37.4 Å². The summed E-state index contributed by atoms with van der Waals surface area (Å²) in [5, 5.41) is 3.46. The molecule has 0 amide bonds. The fourth-order valence-corrected chi connectivity index (χ4v) is 3.22. The van der Waals surface area contributed by atoms with Crippen molar-refractivity contribution in [2.45, 2.75) is 32.1 Å². The molecule has 20 heavy (non-hydrogen) atoms. The van der Waals surface area contributed by atoms with Gasteiger partial charge in [-0.3, -0.25) is 0 Å². The van der Waals surface area contributed by atoms with E-state index < -0.39 is 0 Å². The minimum absolute atomic E-state index is 0.102. The summed E-state index contributed by atoms with van der Waals surface area (Å²) in [6.45, 7) is 7.02. The summed E-state index contributed by atoms with van der Waals surface area (Å²) in [5.74, 6) is 1.32. The van der Waals surface area contributed by atoms with Crippen LogP contribution in [0.3, 0.4) is 0 Å². The normalized spacial score (nSPS) is 25.8. The zero-order chi connectivity index (χ0) is 14.6. The lowest BCUT2D eigenvalue weighted by molar-refractivity contribution is 0.0946. The van der Waals surface area contributed by atoms with Gasteiger partial charge in [0, 0.05) is 25.6 Å². The van der Waals surface area contributed by atoms with E-state index in [9.17, 15) is 4.39 Å². The van der Waals surface area contributed by atoms with Gasteiger partial charge < -0.3 is 10.1 Å². The summed E-state index contributed by atoms with van der Waals surface area (Å²) in [6.07, 6.45) is 2.29. The van der Waals surface area contributed by atoms with Gasteiger partial charge >= 0.3 is 0 Å². The highest BCUT2D eigenvalue weighted by Crippen LogP contribution is 2.50. The van der Waals surface area contributed by atoms with E-state index in [4.69, 9.17) is 4.74 Å². The van der Waals surface area contributed by atoms with E-state index in [0.29, 0.717) is 12.5 Å². The molecule has 0 atom stereocenters. The first kappa shape index (κ1) is 15.5. The molecule has 1 aliphatic carbocycles. The zero-order valence-corrected chi connectivity index (χ0v) is 12.8. The first-order valence-electron chi connectivity index (χ1n) is 7.53. The van der Waals surface area contributed by atoms with Crippen LogP contribution >= 0.6 is 0 Å². The number of hydrogen-bond donors (Lipinski definition) is 1. The molecule has 1 fully saturated rings. The maximum absolute atomic E-state index is 13.5. The Morgan fingerprint density at radius 3 is 2.75 bits per heavy atom. The Kier molecular flexibility index (Phi) is 5.17. The third kappa shape index (κ3) is 3.39. The maximum Gasteiger partial charge on any atom is 0.123 e. The summed E-state index contributed by atoms with van der Waals surface area (Å²) in [6, 6.07) is 7.12. The van der Waals surface area contributed by atoms with Gasteiger partial charge in [-0.1, -0.05) is 26.0 Å². The minimum atomic E-state index is -0.133. The molecule has 1 aromatic carbocycles. The Labute approximate surface area is 121 Å². The fourth-order valence-electron chi connectivity index (χ4n) is 3.22. The van der Waals surface area contributed by atoms with E-state index in [-0.39, 0.29) is 11.2 Å². The largest absolute Gasteiger partial charge is 0.383 e. The highest BCUT2D eigenvalue weighted by Gasteiger charge is 2.46. The number of rotatable bonds is 7. The molecule has 2 rings (SSSR count). The molecule has 0 bridgehead atoms. The molecule has 0 aliphatic heterocycles.